The number of fused-ring (bicyclic) bond motifs is 1. The molecular weight excluding hydrogens is 358 g/mol. The summed E-state index contributed by atoms with van der Waals surface area (Å²) in [4.78, 5) is 32.7. The Morgan fingerprint density at radius 1 is 1.23 bits per heavy atom. The number of aliphatic hydroxyl groups excluding tert-OH is 1. The zero-order chi connectivity index (χ0) is 18.5. The van der Waals surface area contributed by atoms with Crippen molar-refractivity contribution in [2.45, 2.75) is 6.54 Å². The van der Waals surface area contributed by atoms with Crippen molar-refractivity contribution in [1.82, 2.24) is 24.9 Å². The first-order valence-electron chi connectivity index (χ1n) is 7.46. The maximum Gasteiger partial charge on any atom is 0.288 e. The number of hydrogen-bond acceptors (Lipinski definition) is 6. The van der Waals surface area contributed by atoms with Crippen LogP contribution in [0.4, 0.5) is 0 Å². The zero-order valence-electron chi connectivity index (χ0n) is 13.3. The second kappa shape index (κ2) is 7.74. The number of aromatic nitrogens is 4. The van der Waals surface area contributed by atoms with Gasteiger partial charge in [0.2, 0.25) is 0 Å². The molecule has 1 amide bonds. The second-order valence-electron chi connectivity index (χ2n) is 5.10. The highest BCUT2D eigenvalue weighted by Crippen LogP contribution is 2.09. The minimum absolute atomic E-state index is 0.0406. The largest absolute Gasteiger partial charge is 0.384 e. The average Bonchev–Trinajstić information content (AvgIpc) is 2.66. The van der Waals surface area contributed by atoms with Gasteiger partial charge in [-0.25, -0.2) is 9.97 Å². The normalized spacial score (nSPS) is 10.2. The SMILES string of the molecule is O=C(NCc1ccc(Cl)cc1)c1cnc2ncc(C#CCO)nn2c1=O. The molecule has 0 unspecified atom stereocenters. The molecule has 0 fully saturated rings. The number of benzene rings is 1. The van der Waals surface area contributed by atoms with Crippen LogP contribution in [0.1, 0.15) is 21.6 Å². The molecule has 0 aliphatic carbocycles. The summed E-state index contributed by atoms with van der Waals surface area (Å²) < 4.78 is 0.901. The first-order valence-corrected chi connectivity index (χ1v) is 7.84. The van der Waals surface area contributed by atoms with Crippen LogP contribution >= 0.6 is 11.6 Å². The van der Waals surface area contributed by atoms with Crippen LogP contribution < -0.4 is 10.9 Å². The van der Waals surface area contributed by atoms with Crippen molar-refractivity contribution in [1.29, 1.82) is 0 Å². The average molecular weight is 370 g/mol. The molecule has 0 atom stereocenters. The Kier molecular flexibility index (Phi) is 5.22. The van der Waals surface area contributed by atoms with E-state index in [0.29, 0.717) is 5.02 Å². The summed E-state index contributed by atoms with van der Waals surface area (Å²) in [6.45, 7) is -0.119. The number of carbonyl (C=O) groups excluding carboxylic acids is 1. The molecule has 3 aromatic rings. The maximum atomic E-state index is 12.5. The van der Waals surface area contributed by atoms with E-state index in [1.54, 1.807) is 24.3 Å². The van der Waals surface area contributed by atoms with Gasteiger partial charge in [-0.1, -0.05) is 29.7 Å². The third kappa shape index (κ3) is 3.85. The van der Waals surface area contributed by atoms with Crippen molar-refractivity contribution in [2.24, 2.45) is 0 Å². The number of aliphatic hydroxyl groups is 1. The quantitative estimate of drug-likeness (QED) is 0.647. The van der Waals surface area contributed by atoms with Crippen LogP contribution in [0, 0.1) is 11.8 Å². The molecule has 2 N–H and O–H groups in total. The van der Waals surface area contributed by atoms with E-state index in [9.17, 15) is 9.59 Å². The summed E-state index contributed by atoms with van der Waals surface area (Å²) in [6.07, 6.45) is 2.48. The predicted molar refractivity (Wildman–Crippen MR) is 93.6 cm³/mol. The van der Waals surface area contributed by atoms with Gasteiger partial charge in [-0.15, -0.1) is 0 Å². The Morgan fingerprint density at radius 3 is 2.69 bits per heavy atom. The molecule has 26 heavy (non-hydrogen) atoms. The number of halogens is 1. The fraction of sp³-hybridized carbons (Fsp3) is 0.118. The van der Waals surface area contributed by atoms with E-state index >= 15 is 0 Å². The lowest BCUT2D eigenvalue weighted by molar-refractivity contribution is 0.0948. The van der Waals surface area contributed by atoms with E-state index in [2.05, 4.69) is 32.2 Å². The number of hydrogen-bond donors (Lipinski definition) is 2. The lowest BCUT2D eigenvalue weighted by Gasteiger charge is -2.06. The molecule has 1 aromatic carbocycles. The highest BCUT2D eigenvalue weighted by molar-refractivity contribution is 6.30. The first kappa shape index (κ1) is 17.5. The van der Waals surface area contributed by atoms with E-state index in [1.165, 1.54) is 6.20 Å². The molecule has 9 heteroatoms. The third-order valence-electron chi connectivity index (χ3n) is 3.34. The van der Waals surface area contributed by atoms with Gasteiger partial charge in [0.25, 0.3) is 17.2 Å². The Hall–Kier alpha value is -3.28. The number of carbonyl (C=O) groups is 1. The van der Waals surface area contributed by atoms with Crippen LogP contribution in [0.25, 0.3) is 5.78 Å². The Balaban J connectivity index is 1.86. The highest BCUT2D eigenvalue weighted by atomic mass is 35.5. The van der Waals surface area contributed by atoms with Gasteiger partial charge in [-0.3, -0.25) is 9.59 Å². The van der Waals surface area contributed by atoms with Crippen molar-refractivity contribution in [3.63, 3.8) is 0 Å². The molecule has 0 saturated carbocycles. The van der Waals surface area contributed by atoms with Crippen LogP contribution in [0.2, 0.25) is 5.02 Å². The van der Waals surface area contributed by atoms with Crippen LogP contribution in [0.15, 0.2) is 41.5 Å². The van der Waals surface area contributed by atoms with E-state index in [-0.39, 0.29) is 30.2 Å². The van der Waals surface area contributed by atoms with Crippen LogP contribution in [0.5, 0.6) is 0 Å². The molecule has 3 rings (SSSR count). The molecule has 2 aromatic heterocycles. The van der Waals surface area contributed by atoms with Crippen molar-refractivity contribution < 1.29 is 9.90 Å². The summed E-state index contributed by atoms with van der Waals surface area (Å²) in [5.74, 6) is 4.41. The molecule has 130 valence electrons. The van der Waals surface area contributed by atoms with Crippen molar-refractivity contribution in [3.05, 3.63) is 68.9 Å². The minimum atomic E-state index is -0.663. The van der Waals surface area contributed by atoms with Crippen molar-refractivity contribution in [3.8, 4) is 11.8 Å². The van der Waals surface area contributed by atoms with Gasteiger partial charge in [-0.2, -0.15) is 9.61 Å². The summed E-state index contributed by atoms with van der Waals surface area (Å²) in [6, 6.07) is 6.96. The summed E-state index contributed by atoms with van der Waals surface area (Å²) in [5, 5.41) is 15.9. The minimum Gasteiger partial charge on any atom is -0.384 e. The van der Waals surface area contributed by atoms with Gasteiger partial charge in [0.15, 0.2) is 5.69 Å². The second-order valence-corrected chi connectivity index (χ2v) is 5.54. The monoisotopic (exact) mass is 369 g/mol. The van der Waals surface area contributed by atoms with Gasteiger partial charge in [0.05, 0.1) is 6.20 Å². The number of nitrogens with one attached hydrogen (secondary N) is 1. The molecule has 0 aliphatic heterocycles. The Morgan fingerprint density at radius 2 is 1.96 bits per heavy atom. The number of amides is 1. The predicted octanol–water partition coefficient (Wildman–Crippen LogP) is 0.412. The molecule has 2 heterocycles. The number of rotatable bonds is 3. The fourth-order valence-electron chi connectivity index (χ4n) is 2.09. The summed E-state index contributed by atoms with van der Waals surface area (Å²) >= 11 is 5.81. The van der Waals surface area contributed by atoms with Gasteiger partial charge in [0.1, 0.15) is 12.2 Å². The van der Waals surface area contributed by atoms with E-state index in [4.69, 9.17) is 16.7 Å². The van der Waals surface area contributed by atoms with Gasteiger partial charge in [0, 0.05) is 17.8 Å². The summed E-state index contributed by atoms with van der Waals surface area (Å²) in [7, 11) is 0. The lowest BCUT2D eigenvalue weighted by atomic mass is 10.2. The van der Waals surface area contributed by atoms with E-state index < -0.39 is 11.5 Å². The third-order valence-corrected chi connectivity index (χ3v) is 3.59. The lowest BCUT2D eigenvalue weighted by Crippen LogP contribution is -2.32. The molecule has 0 bridgehead atoms. The van der Waals surface area contributed by atoms with Gasteiger partial charge < -0.3 is 10.4 Å². The van der Waals surface area contributed by atoms with Crippen molar-refractivity contribution in [2.75, 3.05) is 6.61 Å². The van der Waals surface area contributed by atoms with E-state index in [0.717, 1.165) is 16.3 Å². The van der Waals surface area contributed by atoms with Crippen molar-refractivity contribution >= 4 is 23.3 Å². The molecule has 0 aliphatic rings. The molecule has 0 radical (unpaired) electrons. The smallest absolute Gasteiger partial charge is 0.288 e. The fourth-order valence-corrected chi connectivity index (χ4v) is 2.22. The zero-order valence-corrected chi connectivity index (χ0v) is 14.1. The Labute approximate surface area is 152 Å². The van der Waals surface area contributed by atoms with Crippen LogP contribution in [0.3, 0.4) is 0 Å². The topological polar surface area (TPSA) is 109 Å². The molecule has 0 spiro atoms. The molecular formula is C17H12ClN5O3. The van der Waals surface area contributed by atoms with Crippen LogP contribution in [-0.4, -0.2) is 37.2 Å². The van der Waals surface area contributed by atoms with E-state index in [1.807, 2.05) is 0 Å². The van der Waals surface area contributed by atoms with Gasteiger partial charge in [-0.05, 0) is 23.6 Å². The molecule has 8 nitrogen and oxygen atoms in total. The highest BCUT2D eigenvalue weighted by Gasteiger charge is 2.14. The Bertz CT molecular complexity index is 1080. The number of nitrogens with zero attached hydrogens (tertiary/aromatic N) is 4. The first-order chi connectivity index (χ1) is 12.6. The standard InChI is InChI=1S/C17H12ClN5O3/c18-12-5-3-11(4-6-12)8-19-15(25)14-10-21-17-20-9-13(2-1-7-24)22-23(17)16(14)26/h3-6,9-10,24H,7-8H2,(H,19,25). The van der Waals surface area contributed by atoms with Crippen LogP contribution in [-0.2, 0) is 6.54 Å². The molecule has 0 saturated heterocycles. The van der Waals surface area contributed by atoms with Gasteiger partial charge >= 0.3 is 0 Å². The maximum absolute atomic E-state index is 12.5. The summed E-state index contributed by atoms with van der Waals surface area (Å²) in [5.41, 5.74) is 0.175.